The predicted molar refractivity (Wildman–Crippen MR) is 137 cm³/mol. The smallest absolute Gasteiger partial charge is 0.253 e. The maximum atomic E-state index is 13.1. The van der Waals surface area contributed by atoms with Gasteiger partial charge in [0.2, 0.25) is 0 Å². The van der Waals surface area contributed by atoms with Crippen molar-refractivity contribution in [3.05, 3.63) is 102 Å². The third-order valence-electron chi connectivity index (χ3n) is 7.26. The summed E-state index contributed by atoms with van der Waals surface area (Å²) in [6, 6.07) is 28.1. The lowest BCUT2D eigenvalue weighted by Gasteiger charge is -2.48. The molecule has 0 spiro atoms. The van der Waals surface area contributed by atoms with Crippen molar-refractivity contribution >= 4 is 22.7 Å². The zero-order valence-electron chi connectivity index (χ0n) is 19.6. The van der Waals surface area contributed by atoms with Crippen molar-refractivity contribution in [3.63, 3.8) is 0 Å². The zero-order valence-corrected chi connectivity index (χ0v) is 19.6. The molecule has 6 nitrogen and oxygen atoms in total. The molecule has 0 aliphatic carbocycles. The summed E-state index contributed by atoms with van der Waals surface area (Å²) in [6.07, 6.45) is 2.05. The lowest BCUT2D eigenvalue weighted by Crippen LogP contribution is -2.64. The Hall–Kier alpha value is -3.90. The molecule has 3 aromatic carbocycles. The Balaban J connectivity index is 1.05. The molecule has 0 atom stereocenters. The minimum atomic E-state index is 0.0912. The standard InChI is InChI=1S/C29H28N4O2/c34-28(22-7-3-1-4-8-22)31-17-15-30(16-18-31)26-20-32(21-26)29(35)24-11-12-27-23(19-24)13-14-33(27)25-9-5-2-6-10-25/h1-14,19,26H,15-18,20-21H2. The number of carbonyl (C=O) groups is 2. The van der Waals surface area contributed by atoms with E-state index in [2.05, 4.69) is 33.9 Å². The van der Waals surface area contributed by atoms with Gasteiger partial charge in [-0.15, -0.1) is 0 Å². The van der Waals surface area contributed by atoms with E-state index in [1.807, 2.05) is 76.5 Å². The van der Waals surface area contributed by atoms with Gasteiger partial charge in [-0.25, -0.2) is 0 Å². The van der Waals surface area contributed by atoms with Crippen LogP contribution in [0.3, 0.4) is 0 Å². The van der Waals surface area contributed by atoms with Crippen LogP contribution in [-0.4, -0.2) is 76.4 Å². The number of rotatable bonds is 4. The van der Waals surface area contributed by atoms with Crippen molar-refractivity contribution in [2.75, 3.05) is 39.3 Å². The van der Waals surface area contributed by atoms with Gasteiger partial charge in [0, 0.05) is 73.7 Å². The highest BCUT2D eigenvalue weighted by Gasteiger charge is 2.37. The first-order valence-corrected chi connectivity index (χ1v) is 12.2. The van der Waals surface area contributed by atoms with Gasteiger partial charge in [-0.1, -0.05) is 36.4 Å². The van der Waals surface area contributed by atoms with Crippen LogP contribution in [0.4, 0.5) is 0 Å². The first-order valence-electron chi connectivity index (χ1n) is 12.2. The molecule has 0 saturated carbocycles. The Morgan fingerprint density at radius 1 is 0.657 bits per heavy atom. The second-order valence-electron chi connectivity index (χ2n) is 9.35. The van der Waals surface area contributed by atoms with Crippen molar-refractivity contribution in [1.29, 1.82) is 0 Å². The number of piperazine rings is 1. The van der Waals surface area contributed by atoms with Gasteiger partial charge >= 0.3 is 0 Å². The number of fused-ring (bicyclic) bond motifs is 1. The molecule has 0 N–H and O–H groups in total. The summed E-state index contributed by atoms with van der Waals surface area (Å²) in [5.74, 6) is 0.195. The highest BCUT2D eigenvalue weighted by atomic mass is 16.2. The molecule has 0 bridgehead atoms. The van der Waals surface area contributed by atoms with Crippen LogP contribution in [-0.2, 0) is 0 Å². The van der Waals surface area contributed by atoms with E-state index >= 15 is 0 Å². The average Bonchev–Trinajstić information content (AvgIpc) is 3.32. The van der Waals surface area contributed by atoms with E-state index in [-0.39, 0.29) is 11.8 Å². The number of nitrogens with zero attached hydrogens (tertiary/aromatic N) is 4. The number of hydrogen-bond acceptors (Lipinski definition) is 3. The van der Waals surface area contributed by atoms with Crippen molar-refractivity contribution in [3.8, 4) is 5.69 Å². The molecule has 6 rings (SSSR count). The van der Waals surface area contributed by atoms with Crippen molar-refractivity contribution in [2.24, 2.45) is 0 Å². The molecular weight excluding hydrogens is 436 g/mol. The van der Waals surface area contributed by atoms with Gasteiger partial charge in [0.25, 0.3) is 11.8 Å². The summed E-state index contributed by atoms with van der Waals surface area (Å²) in [4.78, 5) is 32.1. The van der Waals surface area contributed by atoms with Gasteiger partial charge in [-0.3, -0.25) is 14.5 Å². The Labute approximate surface area is 205 Å². The number of likely N-dealkylation sites (tertiary alicyclic amines) is 1. The SMILES string of the molecule is O=C(c1ccccc1)N1CCN(C2CN(C(=O)c3ccc4c(ccn4-c4ccccc4)c3)C2)CC1. The van der Waals surface area contributed by atoms with Gasteiger partial charge in [0.15, 0.2) is 0 Å². The van der Waals surface area contributed by atoms with Crippen LogP contribution in [0.15, 0.2) is 91.1 Å². The first-order chi connectivity index (χ1) is 17.2. The number of aromatic nitrogens is 1. The molecule has 0 radical (unpaired) electrons. The van der Waals surface area contributed by atoms with Crippen LogP contribution >= 0.6 is 0 Å². The molecule has 6 heteroatoms. The molecule has 2 saturated heterocycles. The third-order valence-corrected chi connectivity index (χ3v) is 7.26. The molecule has 176 valence electrons. The zero-order chi connectivity index (χ0) is 23.8. The van der Waals surface area contributed by atoms with E-state index in [1.165, 1.54) is 0 Å². The largest absolute Gasteiger partial charge is 0.336 e. The number of hydrogen-bond donors (Lipinski definition) is 0. The molecule has 3 heterocycles. The molecule has 35 heavy (non-hydrogen) atoms. The molecular formula is C29H28N4O2. The number of benzene rings is 3. The van der Waals surface area contributed by atoms with Crippen molar-refractivity contribution < 1.29 is 9.59 Å². The van der Waals surface area contributed by atoms with Crippen LogP contribution < -0.4 is 0 Å². The van der Waals surface area contributed by atoms with Crippen molar-refractivity contribution in [2.45, 2.75) is 6.04 Å². The maximum Gasteiger partial charge on any atom is 0.253 e. The fraction of sp³-hybridized carbons (Fsp3) is 0.241. The molecule has 1 aromatic heterocycles. The second-order valence-corrected chi connectivity index (χ2v) is 9.35. The van der Waals surface area contributed by atoms with Gasteiger partial charge in [0.1, 0.15) is 0 Å². The fourth-order valence-corrected chi connectivity index (χ4v) is 5.18. The number of amides is 2. The molecule has 2 aliphatic rings. The summed E-state index contributed by atoms with van der Waals surface area (Å²) in [5, 5.41) is 1.07. The molecule has 0 unspecified atom stereocenters. The van der Waals surface area contributed by atoms with Gasteiger partial charge < -0.3 is 14.4 Å². The Bertz CT molecular complexity index is 1350. The molecule has 4 aromatic rings. The Morgan fingerprint density at radius 3 is 2.03 bits per heavy atom. The molecule has 2 aliphatic heterocycles. The summed E-state index contributed by atoms with van der Waals surface area (Å²) in [7, 11) is 0. The summed E-state index contributed by atoms with van der Waals surface area (Å²) >= 11 is 0. The monoisotopic (exact) mass is 464 g/mol. The van der Waals surface area contributed by atoms with Crippen LogP contribution in [0.5, 0.6) is 0 Å². The molecule has 2 fully saturated rings. The summed E-state index contributed by atoms with van der Waals surface area (Å²) < 4.78 is 2.14. The maximum absolute atomic E-state index is 13.1. The second kappa shape index (κ2) is 9.04. The first kappa shape index (κ1) is 21.6. The predicted octanol–water partition coefficient (Wildman–Crippen LogP) is 3.91. The normalized spacial score (nSPS) is 16.9. The van der Waals surface area contributed by atoms with E-state index in [0.29, 0.717) is 6.04 Å². The molecule has 2 amide bonds. The highest BCUT2D eigenvalue weighted by Crippen LogP contribution is 2.25. The van der Waals surface area contributed by atoms with Gasteiger partial charge in [-0.05, 0) is 48.5 Å². The van der Waals surface area contributed by atoms with E-state index in [4.69, 9.17) is 0 Å². The minimum Gasteiger partial charge on any atom is -0.336 e. The van der Waals surface area contributed by atoms with E-state index in [9.17, 15) is 9.59 Å². The third kappa shape index (κ3) is 4.10. The van der Waals surface area contributed by atoms with Gasteiger partial charge in [-0.2, -0.15) is 0 Å². The van der Waals surface area contributed by atoms with Crippen LogP contribution in [0.25, 0.3) is 16.6 Å². The summed E-state index contributed by atoms with van der Waals surface area (Å²) in [6.45, 7) is 4.65. The van der Waals surface area contributed by atoms with Crippen LogP contribution in [0.1, 0.15) is 20.7 Å². The Morgan fingerprint density at radius 2 is 1.31 bits per heavy atom. The van der Waals surface area contributed by atoms with Crippen molar-refractivity contribution in [1.82, 2.24) is 19.3 Å². The lowest BCUT2D eigenvalue weighted by molar-refractivity contribution is 0.00854. The topological polar surface area (TPSA) is 48.8 Å². The van der Waals surface area contributed by atoms with E-state index in [0.717, 1.165) is 67.0 Å². The number of carbonyl (C=O) groups excluding carboxylic acids is 2. The minimum absolute atomic E-state index is 0.0912. The number of para-hydroxylation sites is 1. The fourth-order valence-electron chi connectivity index (χ4n) is 5.18. The average molecular weight is 465 g/mol. The van der Waals surface area contributed by atoms with Crippen LogP contribution in [0, 0.1) is 0 Å². The highest BCUT2D eigenvalue weighted by molar-refractivity contribution is 5.99. The Kier molecular flexibility index (Phi) is 5.58. The van der Waals surface area contributed by atoms with Gasteiger partial charge in [0.05, 0.1) is 5.52 Å². The quantitative estimate of drug-likeness (QED) is 0.460. The van der Waals surface area contributed by atoms with E-state index in [1.54, 1.807) is 0 Å². The van der Waals surface area contributed by atoms with Crippen LogP contribution in [0.2, 0.25) is 0 Å². The summed E-state index contributed by atoms with van der Waals surface area (Å²) in [5.41, 5.74) is 3.69. The van der Waals surface area contributed by atoms with E-state index < -0.39 is 0 Å². The lowest BCUT2D eigenvalue weighted by atomic mass is 10.0.